The minimum absolute atomic E-state index is 0.116. The third-order valence-corrected chi connectivity index (χ3v) is 4.84. The minimum atomic E-state index is -0.430. The summed E-state index contributed by atoms with van der Waals surface area (Å²) in [5, 5.41) is 17.9. The maximum absolute atomic E-state index is 11.6. The predicted octanol–water partition coefficient (Wildman–Crippen LogP) is 5.03. The highest BCUT2D eigenvalue weighted by Gasteiger charge is 2.25. The van der Waals surface area contributed by atoms with Crippen molar-refractivity contribution in [3.05, 3.63) is 45.2 Å². The smallest absolute Gasteiger partial charge is 0.353 e. The van der Waals surface area contributed by atoms with Crippen LogP contribution in [0.15, 0.2) is 35.1 Å². The Morgan fingerprint density at radius 3 is 2.32 bits per heavy atom. The van der Waals surface area contributed by atoms with Gasteiger partial charge < -0.3 is 10.6 Å². The highest BCUT2D eigenvalue weighted by atomic mass is 79.9. The molecule has 0 radical (unpaired) electrons. The molecule has 0 unspecified atom stereocenters. The second kappa shape index (κ2) is 8.24. The molecule has 25 heavy (non-hydrogen) atoms. The van der Waals surface area contributed by atoms with E-state index in [0.717, 1.165) is 35.8 Å². The summed E-state index contributed by atoms with van der Waals surface area (Å²) in [7, 11) is 0. The molecule has 3 rings (SSSR count). The quantitative estimate of drug-likeness (QED) is 0.411. The van der Waals surface area contributed by atoms with Gasteiger partial charge in [0.2, 0.25) is 11.6 Å². The third kappa shape index (κ3) is 4.66. The molecule has 8 heteroatoms. The Bertz CT molecular complexity index is 730. The average molecular weight is 406 g/mol. The Hall–Kier alpha value is -2.22. The molecule has 0 aliphatic heterocycles. The van der Waals surface area contributed by atoms with Gasteiger partial charge in [0.25, 0.3) is 0 Å². The number of nitrogens with one attached hydrogen (secondary N) is 2. The summed E-state index contributed by atoms with van der Waals surface area (Å²) in [6, 6.07) is 7.60. The molecule has 1 aliphatic carbocycles. The number of anilines is 3. The van der Waals surface area contributed by atoms with E-state index in [4.69, 9.17) is 0 Å². The van der Waals surface area contributed by atoms with Crippen LogP contribution >= 0.6 is 15.9 Å². The number of nitro groups is 1. The van der Waals surface area contributed by atoms with Crippen LogP contribution in [-0.2, 0) is 0 Å². The maximum Gasteiger partial charge on any atom is 0.353 e. The van der Waals surface area contributed by atoms with Crippen LogP contribution in [0.1, 0.15) is 38.5 Å². The van der Waals surface area contributed by atoms with Crippen LogP contribution in [-0.4, -0.2) is 20.9 Å². The minimum Gasteiger partial charge on any atom is -0.361 e. The van der Waals surface area contributed by atoms with Gasteiger partial charge in [-0.25, -0.2) is 9.97 Å². The summed E-state index contributed by atoms with van der Waals surface area (Å²) in [5.41, 5.74) is 0.611. The summed E-state index contributed by atoms with van der Waals surface area (Å²) in [6.07, 6.45) is 8.10. The first kappa shape index (κ1) is 17.6. The fourth-order valence-electron chi connectivity index (χ4n) is 3.04. The topological polar surface area (TPSA) is 93.0 Å². The average Bonchev–Trinajstić information content (AvgIpc) is 2.85. The number of halogens is 1. The fourth-order valence-corrected chi connectivity index (χ4v) is 3.30. The van der Waals surface area contributed by atoms with Crippen LogP contribution in [0.2, 0.25) is 0 Å². The summed E-state index contributed by atoms with van der Waals surface area (Å²) in [6.45, 7) is 0. The standard InChI is InChI=1S/C17H20BrN5O2/c18-12-7-9-14(10-8-12)22-17-15(23(24)25)16(19-11-20-17)21-13-5-3-1-2-4-6-13/h7-11,13H,1-6H2,(H2,19,20,21,22). The van der Waals surface area contributed by atoms with Crippen LogP contribution in [0.25, 0.3) is 0 Å². The van der Waals surface area contributed by atoms with Gasteiger partial charge in [-0.3, -0.25) is 10.1 Å². The molecule has 7 nitrogen and oxygen atoms in total. The lowest BCUT2D eigenvalue weighted by atomic mass is 10.1. The summed E-state index contributed by atoms with van der Waals surface area (Å²) in [5.74, 6) is 0.477. The van der Waals surface area contributed by atoms with Crippen molar-refractivity contribution in [2.45, 2.75) is 44.6 Å². The fraction of sp³-hybridized carbons (Fsp3) is 0.412. The zero-order chi connectivity index (χ0) is 17.6. The van der Waals surface area contributed by atoms with Gasteiger partial charge in [-0.2, -0.15) is 0 Å². The number of hydrogen-bond donors (Lipinski definition) is 2. The third-order valence-electron chi connectivity index (χ3n) is 4.31. The molecule has 1 fully saturated rings. The Labute approximate surface area is 154 Å². The van der Waals surface area contributed by atoms with Gasteiger partial charge >= 0.3 is 5.69 Å². The monoisotopic (exact) mass is 405 g/mol. The lowest BCUT2D eigenvalue weighted by Crippen LogP contribution is -2.20. The van der Waals surface area contributed by atoms with Crippen molar-refractivity contribution in [1.29, 1.82) is 0 Å². The number of benzene rings is 1. The summed E-state index contributed by atoms with van der Waals surface area (Å²) in [4.78, 5) is 19.4. The lowest BCUT2D eigenvalue weighted by Gasteiger charge is -2.17. The highest BCUT2D eigenvalue weighted by Crippen LogP contribution is 2.33. The molecule has 1 heterocycles. The largest absolute Gasteiger partial charge is 0.361 e. The van der Waals surface area contributed by atoms with E-state index in [1.54, 1.807) is 0 Å². The number of rotatable bonds is 5. The maximum atomic E-state index is 11.6. The van der Waals surface area contributed by atoms with Crippen LogP contribution in [0.5, 0.6) is 0 Å². The van der Waals surface area contributed by atoms with Gasteiger partial charge in [-0.05, 0) is 37.1 Å². The van der Waals surface area contributed by atoms with E-state index < -0.39 is 4.92 Å². The summed E-state index contributed by atoms with van der Waals surface area (Å²) >= 11 is 3.37. The number of nitrogens with zero attached hydrogens (tertiary/aromatic N) is 3. The van der Waals surface area contributed by atoms with E-state index in [1.165, 1.54) is 19.2 Å². The SMILES string of the molecule is O=[N+]([O-])c1c(Nc2ccc(Br)cc2)ncnc1NC1CCCCCC1. The predicted molar refractivity (Wildman–Crippen MR) is 101 cm³/mol. The molecule has 1 aromatic carbocycles. The molecule has 2 N–H and O–H groups in total. The van der Waals surface area contributed by atoms with Gasteiger partial charge in [0.15, 0.2) is 0 Å². The highest BCUT2D eigenvalue weighted by molar-refractivity contribution is 9.10. The number of aromatic nitrogens is 2. The van der Waals surface area contributed by atoms with Crippen molar-refractivity contribution in [3.8, 4) is 0 Å². The molecular weight excluding hydrogens is 386 g/mol. The van der Waals surface area contributed by atoms with Crippen molar-refractivity contribution >= 4 is 38.9 Å². The van der Waals surface area contributed by atoms with Crippen LogP contribution in [0, 0.1) is 10.1 Å². The second-order valence-electron chi connectivity index (χ2n) is 6.14. The molecule has 132 valence electrons. The molecule has 1 aromatic heterocycles. The Balaban J connectivity index is 1.85. The van der Waals surface area contributed by atoms with Crippen molar-refractivity contribution in [2.24, 2.45) is 0 Å². The summed E-state index contributed by atoms with van der Waals surface area (Å²) < 4.78 is 0.936. The first-order valence-corrected chi connectivity index (χ1v) is 9.21. The normalized spacial score (nSPS) is 15.4. The molecule has 0 bridgehead atoms. The van der Waals surface area contributed by atoms with E-state index in [1.807, 2.05) is 24.3 Å². The van der Waals surface area contributed by atoms with Crippen LogP contribution in [0.3, 0.4) is 0 Å². The van der Waals surface area contributed by atoms with E-state index >= 15 is 0 Å². The molecular formula is C17H20BrN5O2. The van der Waals surface area contributed by atoms with Gasteiger partial charge in [0.05, 0.1) is 4.92 Å². The van der Waals surface area contributed by atoms with E-state index in [2.05, 4.69) is 36.5 Å². The van der Waals surface area contributed by atoms with Gasteiger partial charge in [-0.1, -0.05) is 41.6 Å². The molecule has 0 saturated heterocycles. The zero-order valence-corrected chi connectivity index (χ0v) is 15.3. The van der Waals surface area contributed by atoms with Gasteiger partial charge in [0.1, 0.15) is 6.33 Å². The molecule has 1 saturated carbocycles. The zero-order valence-electron chi connectivity index (χ0n) is 13.7. The Morgan fingerprint density at radius 2 is 1.68 bits per heavy atom. The Kier molecular flexibility index (Phi) is 5.80. The second-order valence-corrected chi connectivity index (χ2v) is 7.06. The van der Waals surface area contributed by atoms with Crippen molar-refractivity contribution in [1.82, 2.24) is 9.97 Å². The van der Waals surface area contributed by atoms with Gasteiger partial charge in [0, 0.05) is 16.2 Å². The van der Waals surface area contributed by atoms with Gasteiger partial charge in [-0.15, -0.1) is 0 Å². The molecule has 0 amide bonds. The van der Waals surface area contributed by atoms with Crippen molar-refractivity contribution in [3.63, 3.8) is 0 Å². The first-order chi connectivity index (χ1) is 12.1. The molecule has 2 aromatic rings. The first-order valence-electron chi connectivity index (χ1n) is 8.42. The molecule has 0 atom stereocenters. The lowest BCUT2D eigenvalue weighted by molar-refractivity contribution is -0.383. The van der Waals surface area contributed by atoms with E-state index in [9.17, 15) is 10.1 Å². The van der Waals surface area contributed by atoms with E-state index in [-0.39, 0.29) is 23.4 Å². The molecule has 1 aliphatic rings. The van der Waals surface area contributed by atoms with Crippen LogP contribution in [0.4, 0.5) is 23.0 Å². The van der Waals surface area contributed by atoms with E-state index in [0.29, 0.717) is 0 Å². The van der Waals surface area contributed by atoms with Crippen LogP contribution < -0.4 is 10.6 Å². The Morgan fingerprint density at radius 1 is 1.04 bits per heavy atom. The number of hydrogen-bond acceptors (Lipinski definition) is 6. The van der Waals surface area contributed by atoms with Crippen molar-refractivity contribution in [2.75, 3.05) is 10.6 Å². The van der Waals surface area contributed by atoms with Crippen molar-refractivity contribution < 1.29 is 4.92 Å². The molecule has 0 spiro atoms.